The zero-order valence-electron chi connectivity index (χ0n) is 22.6. The molecule has 15 heteroatoms. The lowest BCUT2D eigenvalue weighted by molar-refractivity contribution is -0.143. The molecule has 0 fully saturated rings. The van der Waals surface area contributed by atoms with E-state index in [-0.39, 0.29) is 32.1 Å². The van der Waals surface area contributed by atoms with Gasteiger partial charge in [-0.2, -0.15) is 11.8 Å². The van der Waals surface area contributed by atoms with Gasteiger partial charge in [0.25, 0.3) is 0 Å². The number of nitrogens with two attached hydrogens (primary N) is 2. The monoisotopic (exact) mass is 592 g/mol. The van der Waals surface area contributed by atoms with E-state index >= 15 is 0 Å². The van der Waals surface area contributed by atoms with E-state index in [4.69, 9.17) is 16.6 Å². The Morgan fingerprint density at radius 3 is 2.15 bits per heavy atom. The molecule has 0 bridgehead atoms. The standard InChI is InChI=1S/C26H36N6O8S/c1-41-11-10-18(24(37)31-19(26(39)40)7-9-22(34)35)30-25(38)20(32-23(36)16(27)6-8-21(28)33)12-14-13-29-17-5-3-2-4-15(14)17/h2-5,13,16,18-20,29H,6-12,27H2,1H3,(H2,28,33)(H,30,38)(H,31,37)(H,32,36)(H,34,35)(H,39,40). The van der Waals surface area contributed by atoms with Gasteiger partial charge in [-0.1, -0.05) is 18.2 Å². The molecule has 4 amide bonds. The number of carbonyl (C=O) groups excluding carboxylic acids is 4. The first-order valence-corrected chi connectivity index (χ1v) is 14.3. The normalized spacial score (nSPS) is 13.9. The van der Waals surface area contributed by atoms with Crippen LogP contribution in [0.15, 0.2) is 30.5 Å². The summed E-state index contributed by atoms with van der Waals surface area (Å²) in [6.07, 6.45) is 2.66. The van der Waals surface area contributed by atoms with Crippen molar-refractivity contribution in [1.29, 1.82) is 0 Å². The van der Waals surface area contributed by atoms with Crippen molar-refractivity contribution in [3.05, 3.63) is 36.0 Å². The number of carboxylic acid groups (broad SMARTS) is 2. The number of benzene rings is 1. The fraction of sp³-hybridized carbons (Fsp3) is 0.462. The predicted molar refractivity (Wildman–Crippen MR) is 152 cm³/mol. The van der Waals surface area contributed by atoms with Crippen molar-refractivity contribution in [2.75, 3.05) is 12.0 Å². The number of hydrogen-bond donors (Lipinski definition) is 8. The lowest BCUT2D eigenvalue weighted by Gasteiger charge is -2.25. The van der Waals surface area contributed by atoms with E-state index in [9.17, 15) is 33.9 Å². The summed E-state index contributed by atoms with van der Waals surface area (Å²) >= 11 is 1.40. The van der Waals surface area contributed by atoms with Crippen molar-refractivity contribution in [2.45, 2.75) is 62.7 Å². The molecular weight excluding hydrogens is 556 g/mol. The maximum atomic E-state index is 13.5. The molecule has 224 valence electrons. The van der Waals surface area contributed by atoms with Gasteiger partial charge in [-0.3, -0.25) is 24.0 Å². The Bertz CT molecular complexity index is 1250. The molecule has 0 saturated carbocycles. The van der Waals surface area contributed by atoms with Crippen LogP contribution in [0, 0.1) is 0 Å². The zero-order valence-corrected chi connectivity index (χ0v) is 23.4. The van der Waals surface area contributed by atoms with Gasteiger partial charge in [-0.05, 0) is 42.9 Å². The van der Waals surface area contributed by atoms with Gasteiger partial charge >= 0.3 is 11.9 Å². The summed E-state index contributed by atoms with van der Waals surface area (Å²) in [5.41, 5.74) is 12.6. The molecule has 0 spiro atoms. The molecular formula is C26H36N6O8S. The third kappa shape index (κ3) is 10.8. The van der Waals surface area contributed by atoms with E-state index in [1.54, 1.807) is 12.5 Å². The van der Waals surface area contributed by atoms with Crippen molar-refractivity contribution in [1.82, 2.24) is 20.9 Å². The van der Waals surface area contributed by atoms with Gasteiger partial charge in [-0.15, -0.1) is 0 Å². The lowest BCUT2D eigenvalue weighted by atomic mass is 10.0. The highest BCUT2D eigenvalue weighted by molar-refractivity contribution is 7.98. The predicted octanol–water partition coefficient (Wildman–Crippen LogP) is -0.540. The van der Waals surface area contributed by atoms with E-state index < -0.39 is 66.2 Å². The molecule has 0 aliphatic carbocycles. The van der Waals surface area contributed by atoms with E-state index in [0.717, 1.165) is 10.9 Å². The second-order valence-electron chi connectivity index (χ2n) is 9.41. The van der Waals surface area contributed by atoms with Crippen LogP contribution in [0.4, 0.5) is 0 Å². The van der Waals surface area contributed by atoms with Crippen molar-refractivity contribution in [3.8, 4) is 0 Å². The third-order valence-electron chi connectivity index (χ3n) is 6.28. The molecule has 1 aromatic carbocycles. The molecule has 4 unspecified atom stereocenters. The summed E-state index contributed by atoms with van der Waals surface area (Å²) in [6.45, 7) is 0. The second-order valence-corrected chi connectivity index (χ2v) is 10.4. The number of fused-ring (bicyclic) bond motifs is 1. The molecule has 1 aromatic heterocycles. The van der Waals surface area contributed by atoms with Gasteiger partial charge in [0.05, 0.1) is 6.04 Å². The number of carbonyl (C=O) groups is 6. The quantitative estimate of drug-likeness (QED) is 0.110. The maximum Gasteiger partial charge on any atom is 0.326 e. The molecule has 4 atom stereocenters. The number of para-hydroxylation sites is 1. The average Bonchev–Trinajstić information content (AvgIpc) is 3.33. The van der Waals surface area contributed by atoms with Crippen LogP contribution in [0.5, 0.6) is 0 Å². The van der Waals surface area contributed by atoms with E-state index in [0.29, 0.717) is 11.3 Å². The molecule has 2 rings (SSSR count). The van der Waals surface area contributed by atoms with Crippen LogP contribution in [0.25, 0.3) is 10.9 Å². The molecule has 2 aromatic rings. The number of primary amides is 1. The van der Waals surface area contributed by atoms with Crippen LogP contribution >= 0.6 is 11.8 Å². The number of thioether (sulfide) groups is 1. The third-order valence-corrected chi connectivity index (χ3v) is 6.92. The molecule has 0 radical (unpaired) electrons. The van der Waals surface area contributed by atoms with Gasteiger partial charge in [0.1, 0.15) is 18.1 Å². The summed E-state index contributed by atoms with van der Waals surface area (Å²) in [5, 5.41) is 26.6. The average molecular weight is 593 g/mol. The number of aliphatic carboxylic acids is 2. The molecule has 41 heavy (non-hydrogen) atoms. The number of aromatic nitrogens is 1. The zero-order chi connectivity index (χ0) is 30.5. The first-order valence-electron chi connectivity index (χ1n) is 12.9. The van der Waals surface area contributed by atoms with E-state index in [1.807, 2.05) is 24.3 Å². The number of H-pyrrole nitrogens is 1. The highest BCUT2D eigenvalue weighted by Gasteiger charge is 2.31. The smallest absolute Gasteiger partial charge is 0.326 e. The van der Waals surface area contributed by atoms with Gasteiger partial charge in [0, 0.05) is 36.4 Å². The largest absolute Gasteiger partial charge is 0.481 e. The van der Waals surface area contributed by atoms with E-state index in [1.165, 1.54) is 11.8 Å². The van der Waals surface area contributed by atoms with Crippen molar-refractivity contribution in [2.24, 2.45) is 11.5 Å². The summed E-state index contributed by atoms with van der Waals surface area (Å²) in [6, 6.07) is 2.38. The molecule has 0 saturated heterocycles. The van der Waals surface area contributed by atoms with E-state index in [2.05, 4.69) is 20.9 Å². The summed E-state index contributed by atoms with van der Waals surface area (Å²) < 4.78 is 0. The number of carboxylic acids is 2. The Morgan fingerprint density at radius 1 is 0.878 bits per heavy atom. The molecule has 0 aliphatic rings. The van der Waals surface area contributed by atoms with Crippen molar-refractivity contribution in [3.63, 3.8) is 0 Å². The minimum atomic E-state index is -1.47. The van der Waals surface area contributed by atoms with Crippen LogP contribution in [-0.4, -0.2) is 86.9 Å². The van der Waals surface area contributed by atoms with Crippen molar-refractivity contribution < 1.29 is 39.0 Å². The number of hydrogen-bond acceptors (Lipinski definition) is 8. The Hall–Kier alpha value is -4.11. The van der Waals surface area contributed by atoms with Gasteiger partial charge in [0.2, 0.25) is 23.6 Å². The van der Waals surface area contributed by atoms with Crippen LogP contribution in [-0.2, 0) is 35.2 Å². The van der Waals surface area contributed by atoms with Gasteiger partial charge < -0.3 is 42.6 Å². The number of amides is 4. The van der Waals surface area contributed by atoms with Crippen LogP contribution < -0.4 is 27.4 Å². The first-order chi connectivity index (χ1) is 19.4. The van der Waals surface area contributed by atoms with Gasteiger partial charge in [-0.25, -0.2) is 4.79 Å². The minimum Gasteiger partial charge on any atom is -0.481 e. The number of nitrogens with one attached hydrogen (secondary N) is 4. The Kier molecular flexibility index (Phi) is 13.1. The first kappa shape index (κ1) is 33.1. The van der Waals surface area contributed by atoms with Crippen LogP contribution in [0.2, 0.25) is 0 Å². The highest BCUT2D eigenvalue weighted by atomic mass is 32.2. The lowest BCUT2D eigenvalue weighted by Crippen LogP contribution is -2.57. The molecule has 10 N–H and O–H groups in total. The topological polar surface area (TPSA) is 247 Å². The fourth-order valence-corrected chi connectivity index (χ4v) is 4.48. The number of rotatable bonds is 18. The minimum absolute atomic E-state index is 0.0252. The number of aromatic amines is 1. The second kappa shape index (κ2) is 16.2. The maximum absolute atomic E-state index is 13.5. The summed E-state index contributed by atoms with van der Waals surface area (Å²) in [7, 11) is 0. The molecule has 1 heterocycles. The van der Waals surface area contributed by atoms with Gasteiger partial charge in [0.15, 0.2) is 0 Å². The van der Waals surface area contributed by atoms with Crippen LogP contribution in [0.3, 0.4) is 0 Å². The Morgan fingerprint density at radius 2 is 1.51 bits per heavy atom. The fourth-order valence-electron chi connectivity index (χ4n) is 4.01. The van der Waals surface area contributed by atoms with Crippen LogP contribution in [0.1, 0.15) is 37.7 Å². The summed E-state index contributed by atoms with van der Waals surface area (Å²) in [5.74, 6) is -5.05. The molecule has 14 nitrogen and oxygen atoms in total. The summed E-state index contributed by atoms with van der Waals surface area (Å²) in [4.78, 5) is 76.1. The Labute approximate surface area is 240 Å². The highest BCUT2D eigenvalue weighted by Crippen LogP contribution is 2.19. The SMILES string of the molecule is CSCCC(NC(=O)C(Cc1c[nH]c2ccccc12)NC(=O)C(N)CCC(N)=O)C(=O)NC(CCC(=O)O)C(=O)O. The Balaban J connectivity index is 2.27. The molecule has 0 aliphatic heterocycles. The van der Waals surface area contributed by atoms with Crippen molar-refractivity contribution >= 4 is 58.2 Å².